The number of halogens is 1. The fraction of sp³-hybridized carbons (Fsp3) is 0.276. The van der Waals surface area contributed by atoms with Crippen molar-refractivity contribution in [1.29, 1.82) is 0 Å². The van der Waals surface area contributed by atoms with Crippen molar-refractivity contribution in [3.63, 3.8) is 0 Å². The number of sulfonamides is 1. The van der Waals surface area contributed by atoms with Crippen molar-refractivity contribution in [1.82, 2.24) is 19.6 Å². The Kier molecular flexibility index (Phi) is 8.02. The first-order valence-corrected chi connectivity index (χ1v) is 14.6. The van der Waals surface area contributed by atoms with Crippen molar-refractivity contribution >= 4 is 38.4 Å². The Balaban J connectivity index is 1.50. The third-order valence-electron chi connectivity index (χ3n) is 6.80. The molecule has 1 aliphatic rings. The molecule has 0 bridgehead atoms. The molecule has 4 aromatic rings. The molecule has 0 saturated carbocycles. The maximum atomic E-state index is 13.5. The Morgan fingerprint density at radius 3 is 2.45 bits per heavy atom. The highest BCUT2D eigenvalue weighted by molar-refractivity contribution is 7.89. The SMILES string of the molecule is O=C(NCCc1ccc(Cl)cc1)c1cc(-c2cccnc2)nc2ccc(S(=O)(=O)N3CCCCCC3)cc12. The molecule has 0 radical (unpaired) electrons. The van der Waals surface area contributed by atoms with Crippen molar-refractivity contribution in [3.05, 3.63) is 89.2 Å². The van der Waals surface area contributed by atoms with E-state index in [0.717, 1.165) is 36.8 Å². The molecule has 1 fully saturated rings. The number of rotatable bonds is 7. The standard InChI is InChI=1S/C29H29ClN4O3S/c30-23-9-7-21(8-10-23)13-15-32-29(35)26-19-28(22-6-5-14-31-20-22)33-27-12-11-24(18-25(26)27)38(36,37)34-16-3-1-2-4-17-34/h5-12,14,18-20H,1-4,13,15-17H2,(H,32,35). The molecule has 0 aliphatic carbocycles. The van der Waals surface area contributed by atoms with E-state index in [0.29, 0.717) is 53.2 Å². The molecule has 1 N–H and O–H groups in total. The van der Waals surface area contributed by atoms with Crippen LogP contribution >= 0.6 is 11.6 Å². The van der Waals surface area contributed by atoms with Crippen molar-refractivity contribution in [2.75, 3.05) is 19.6 Å². The zero-order valence-corrected chi connectivity index (χ0v) is 22.5. The van der Waals surface area contributed by atoms with Gasteiger partial charge in [0.2, 0.25) is 10.0 Å². The second kappa shape index (κ2) is 11.6. The van der Waals surface area contributed by atoms with Crippen LogP contribution in [-0.2, 0) is 16.4 Å². The summed E-state index contributed by atoms with van der Waals surface area (Å²) in [5.74, 6) is -0.291. The van der Waals surface area contributed by atoms with Crippen LogP contribution in [0.5, 0.6) is 0 Å². The lowest BCUT2D eigenvalue weighted by Gasteiger charge is -2.20. The molecule has 2 aromatic heterocycles. The van der Waals surface area contributed by atoms with Crippen LogP contribution in [-0.4, -0.2) is 48.2 Å². The molecule has 0 unspecified atom stereocenters. The predicted octanol–water partition coefficient (Wildman–Crippen LogP) is 5.49. The van der Waals surface area contributed by atoms with Gasteiger partial charge in [0.1, 0.15) is 0 Å². The third kappa shape index (κ3) is 5.88. The monoisotopic (exact) mass is 548 g/mol. The third-order valence-corrected chi connectivity index (χ3v) is 8.94. The largest absolute Gasteiger partial charge is 0.352 e. The van der Waals surface area contributed by atoms with E-state index in [2.05, 4.69) is 10.3 Å². The van der Waals surface area contributed by atoms with Gasteiger partial charge in [-0.2, -0.15) is 4.31 Å². The van der Waals surface area contributed by atoms with Crippen LogP contribution in [0, 0.1) is 0 Å². The van der Waals surface area contributed by atoms with Gasteiger partial charge in [0.05, 0.1) is 21.7 Å². The van der Waals surface area contributed by atoms with Gasteiger partial charge < -0.3 is 5.32 Å². The fourth-order valence-electron chi connectivity index (χ4n) is 4.71. The van der Waals surface area contributed by atoms with Gasteiger partial charge in [0.15, 0.2) is 0 Å². The van der Waals surface area contributed by atoms with E-state index in [1.54, 1.807) is 41.0 Å². The predicted molar refractivity (Wildman–Crippen MR) is 150 cm³/mol. The number of carbonyl (C=O) groups excluding carboxylic acids is 1. The number of pyridine rings is 2. The second-order valence-corrected chi connectivity index (χ2v) is 11.8. The van der Waals surface area contributed by atoms with Gasteiger partial charge in [0.25, 0.3) is 5.91 Å². The Morgan fingerprint density at radius 1 is 0.974 bits per heavy atom. The summed E-state index contributed by atoms with van der Waals surface area (Å²) in [6.07, 6.45) is 7.77. The van der Waals surface area contributed by atoms with E-state index in [9.17, 15) is 13.2 Å². The topological polar surface area (TPSA) is 92.3 Å². The Bertz CT molecular complexity index is 1540. The van der Waals surface area contributed by atoms with Gasteiger partial charge in [0, 0.05) is 48.0 Å². The minimum Gasteiger partial charge on any atom is -0.352 e. The summed E-state index contributed by atoms with van der Waals surface area (Å²) in [6, 6.07) is 17.8. The highest BCUT2D eigenvalue weighted by atomic mass is 35.5. The number of amides is 1. The molecule has 196 valence electrons. The van der Waals surface area contributed by atoms with Crippen LogP contribution in [0.1, 0.15) is 41.6 Å². The van der Waals surface area contributed by atoms with E-state index in [-0.39, 0.29) is 10.8 Å². The first kappa shape index (κ1) is 26.3. The lowest BCUT2D eigenvalue weighted by Crippen LogP contribution is -2.32. The normalized spacial score (nSPS) is 14.8. The first-order valence-electron chi connectivity index (χ1n) is 12.8. The zero-order chi connectivity index (χ0) is 26.5. The number of nitrogens with one attached hydrogen (secondary N) is 1. The quantitative estimate of drug-likeness (QED) is 0.330. The van der Waals surface area contributed by atoms with Gasteiger partial charge in [-0.1, -0.05) is 36.6 Å². The molecule has 1 amide bonds. The first-order chi connectivity index (χ1) is 18.4. The summed E-state index contributed by atoms with van der Waals surface area (Å²) in [5, 5.41) is 4.15. The number of hydrogen-bond acceptors (Lipinski definition) is 5. The van der Waals surface area contributed by atoms with Crippen LogP contribution in [0.3, 0.4) is 0 Å². The van der Waals surface area contributed by atoms with Crippen LogP contribution in [0.25, 0.3) is 22.2 Å². The van der Waals surface area contributed by atoms with E-state index < -0.39 is 10.0 Å². The number of fused-ring (bicyclic) bond motifs is 1. The zero-order valence-electron chi connectivity index (χ0n) is 20.9. The van der Waals surface area contributed by atoms with E-state index in [1.165, 1.54) is 0 Å². The van der Waals surface area contributed by atoms with Gasteiger partial charge >= 0.3 is 0 Å². The Hall–Kier alpha value is -3.33. The van der Waals surface area contributed by atoms with Crippen LogP contribution < -0.4 is 5.32 Å². The van der Waals surface area contributed by atoms with Crippen LogP contribution in [0.4, 0.5) is 0 Å². The average molecular weight is 549 g/mol. The van der Waals surface area contributed by atoms with Crippen LogP contribution in [0.15, 0.2) is 78.0 Å². The average Bonchev–Trinajstić information content (AvgIpc) is 3.24. The maximum Gasteiger partial charge on any atom is 0.252 e. The Morgan fingerprint density at radius 2 is 1.74 bits per heavy atom. The smallest absolute Gasteiger partial charge is 0.252 e. The van der Waals surface area contributed by atoms with Gasteiger partial charge in [-0.25, -0.2) is 13.4 Å². The molecular weight excluding hydrogens is 520 g/mol. The number of carbonyl (C=O) groups is 1. The lowest BCUT2D eigenvalue weighted by atomic mass is 10.0. The summed E-state index contributed by atoms with van der Waals surface area (Å²) < 4.78 is 28.5. The van der Waals surface area contributed by atoms with Crippen molar-refractivity contribution < 1.29 is 13.2 Å². The summed E-state index contributed by atoms with van der Waals surface area (Å²) in [7, 11) is -3.69. The molecule has 38 heavy (non-hydrogen) atoms. The number of aromatic nitrogens is 2. The molecule has 2 aromatic carbocycles. The molecule has 0 spiro atoms. The van der Waals surface area contributed by atoms with Crippen molar-refractivity contribution in [3.8, 4) is 11.3 Å². The Labute approximate surface area is 227 Å². The lowest BCUT2D eigenvalue weighted by molar-refractivity contribution is 0.0955. The van der Waals surface area contributed by atoms with Gasteiger partial charge in [-0.05, 0) is 73.4 Å². The number of benzene rings is 2. The van der Waals surface area contributed by atoms with Gasteiger partial charge in [-0.3, -0.25) is 9.78 Å². The highest BCUT2D eigenvalue weighted by Gasteiger charge is 2.26. The minimum atomic E-state index is -3.69. The summed E-state index contributed by atoms with van der Waals surface area (Å²) in [4.78, 5) is 22.5. The van der Waals surface area contributed by atoms with Crippen molar-refractivity contribution in [2.24, 2.45) is 0 Å². The molecular formula is C29H29ClN4O3S. The molecule has 5 rings (SSSR count). The summed E-state index contributed by atoms with van der Waals surface area (Å²) in [6.45, 7) is 1.44. The second-order valence-electron chi connectivity index (χ2n) is 9.43. The van der Waals surface area contributed by atoms with Crippen molar-refractivity contribution in [2.45, 2.75) is 37.0 Å². The molecule has 9 heteroatoms. The minimum absolute atomic E-state index is 0.179. The molecule has 7 nitrogen and oxygen atoms in total. The highest BCUT2D eigenvalue weighted by Crippen LogP contribution is 2.29. The van der Waals surface area contributed by atoms with Crippen LogP contribution in [0.2, 0.25) is 5.02 Å². The summed E-state index contributed by atoms with van der Waals surface area (Å²) in [5.41, 5.74) is 3.33. The molecule has 1 saturated heterocycles. The van der Waals surface area contributed by atoms with E-state index in [1.807, 2.05) is 36.4 Å². The molecule has 1 aliphatic heterocycles. The fourth-order valence-corrected chi connectivity index (χ4v) is 6.38. The molecule has 3 heterocycles. The summed E-state index contributed by atoms with van der Waals surface area (Å²) >= 11 is 5.97. The number of nitrogens with zero attached hydrogens (tertiary/aromatic N) is 3. The maximum absolute atomic E-state index is 13.5. The van der Waals surface area contributed by atoms with E-state index in [4.69, 9.17) is 16.6 Å². The number of hydrogen-bond donors (Lipinski definition) is 1. The van der Waals surface area contributed by atoms with E-state index >= 15 is 0 Å². The molecule has 0 atom stereocenters. The van der Waals surface area contributed by atoms with Gasteiger partial charge in [-0.15, -0.1) is 0 Å².